The van der Waals surface area contributed by atoms with Gasteiger partial charge in [0.05, 0.1) is 6.61 Å². The number of hydrogen-bond donors (Lipinski definition) is 0. The maximum Gasteiger partial charge on any atom is 0.0853 e. The molecule has 0 spiro atoms. The third kappa shape index (κ3) is 0.787. The molecule has 3 atom stereocenters. The van der Waals surface area contributed by atoms with Crippen molar-refractivity contribution < 1.29 is 5.11 Å². The standard InChI is InChI=1S/C8H13O/c9-5-8-4-6-1-2-7(8)3-6/h6-8H,1-5H2. The van der Waals surface area contributed by atoms with Crippen LogP contribution in [0.15, 0.2) is 0 Å². The molecule has 2 rings (SSSR count). The second-order valence-corrected chi connectivity index (χ2v) is 3.60. The predicted molar refractivity (Wildman–Crippen MR) is 34.5 cm³/mol. The summed E-state index contributed by atoms with van der Waals surface area (Å²) in [7, 11) is 0. The molecule has 0 aromatic rings. The minimum atomic E-state index is 0.196. The van der Waals surface area contributed by atoms with E-state index in [4.69, 9.17) is 0 Å². The molecule has 1 heteroatoms. The minimum absolute atomic E-state index is 0.196. The predicted octanol–water partition coefficient (Wildman–Crippen LogP) is 1.85. The van der Waals surface area contributed by atoms with Gasteiger partial charge >= 0.3 is 0 Å². The molecule has 1 radical (unpaired) electrons. The zero-order valence-electron chi connectivity index (χ0n) is 5.68. The molecule has 0 N–H and O–H groups in total. The lowest BCUT2D eigenvalue weighted by molar-refractivity contribution is 0.112. The van der Waals surface area contributed by atoms with E-state index >= 15 is 0 Å². The van der Waals surface area contributed by atoms with Gasteiger partial charge < -0.3 is 0 Å². The van der Waals surface area contributed by atoms with E-state index in [-0.39, 0.29) is 6.61 Å². The molecular formula is C8H13O. The third-order valence-electron chi connectivity index (χ3n) is 3.10. The van der Waals surface area contributed by atoms with Gasteiger partial charge in [0.25, 0.3) is 0 Å². The molecule has 2 bridgehead atoms. The molecule has 0 aromatic heterocycles. The van der Waals surface area contributed by atoms with Crippen molar-refractivity contribution in [3.63, 3.8) is 0 Å². The van der Waals surface area contributed by atoms with Gasteiger partial charge in [-0.15, -0.1) is 0 Å². The first-order chi connectivity index (χ1) is 4.40. The molecule has 0 heterocycles. The van der Waals surface area contributed by atoms with Gasteiger partial charge in [-0.25, -0.2) is 5.11 Å². The fraction of sp³-hybridized carbons (Fsp3) is 1.00. The smallest absolute Gasteiger partial charge is 0.0853 e. The van der Waals surface area contributed by atoms with Crippen LogP contribution in [0.1, 0.15) is 25.7 Å². The summed E-state index contributed by atoms with van der Waals surface area (Å²) in [6.07, 6.45) is 5.42. The van der Waals surface area contributed by atoms with Crippen molar-refractivity contribution in [1.82, 2.24) is 0 Å². The van der Waals surface area contributed by atoms with E-state index in [2.05, 4.69) is 0 Å². The normalized spacial score (nSPS) is 48.3. The van der Waals surface area contributed by atoms with Crippen molar-refractivity contribution in [3.8, 4) is 0 Å². The van der Waals surface area contributed by atoms with Crippen LogP contribution >= 0.6 is 0 Å². The van der Waals surface area contributed by atoms with E-state index in [1.54, 1.807) is 0 Å². The summed E-state index contributed by atoms with van der Waals surface area (Å²) in [6.45, 7) is 0.196. The van der Waals surface area contributed by atoms with Crippen molar-refractivity contribution >= 4 is 0 Å². The molecule has 2 aliphatic carbocycles. The second-order valence-electron chi connectivity index (χ2n) is 3.60. The van der Waals surface area contributed by atoms with Crippen LogP contribution < -0.4 is 0 Å². The van der Waals surface area contributed by atoms with Gasteiger partial charge in [-0.2, -0.15) is 0 Å². The van der Waals surface area contributed by atoms with Crippen molar-refractivity contribution in [2.24, 2.45) is 17.8 Å². The Bertz CT molecular complexity index is 111. The van der Waals surface area contributed by atoms with Crippen LogP contribution in [-0.2, 0) is 5.11 Å². The number of rotatable bonds is 1. The van der Waals surface area contributed by atoms with Gasteiger partial charge in [-0.05, 0) is 37.0 Å². The van der Waals surface area contributed by atoms with Crippen LogP contribution in [0.25, 0.3) is 0 Å². The van der Waals surface area contributed by atoms with Crippen molar-refractivity contribution in [1.29, 1.82) is 0 Å². The van der Waals surface area contributed by atoms with Gasteiger partial charge in [0.1, 0.15) is 0 Å². The first-order valence-electron chi connectivity index (χ1n) is 3.98. The van der Waals surface area contributed by atoms with E-state index in [1.807, 2.05) is 0 Å². The molecular weight excluding hydrogens is 112 g/mol. The lowest BCUT2D eigenvalue weighted by Crippen LogP contribution is -2.13. The molecule has 0 aromatic carbocycles. The Morgan fingerprint density at radius 2 is 2.11 bits per heavy atom. The zero-order valence-corrected chi connectivity index (χ0v) is 5.68. The van der Waals surface area contributed by atoms with Crippen LogP contribution in [0.5, 0.6) is 0 Å². The maximum atomic E-state index is 10.5. The van der Waals surface area contributed by atoms with Gasteiger partial charge in [-0.3, -0.25) is 0 Å². The number of fused-ring (bicyclic) bond motifs is 2. The zero-order chi connectivity index (χ0) is 6.27. The van der Waals surface area contributed by atoms with E-state index < -0.39 is 0 Å². The molecule has 0 saturated heterocycles. The van der Waals surface area contributed by atoms with Gasteiger partial charge in [0.15, 0.2) is 0 Å². The van der Waals surface area contributed by atoms with Crippen LogP contribution in [-0.4, -0.2) is 6.61 Å². The lowest BCUT2D eigenvalue weighted by atomic mass is 9.90. The average Bonchev–Trinajstić information content (AvgIpc) is 2.45. The summed E-state index contributed by atoms with van der Waals surface area (Å²) in [6, 6.07) is 0. The maximum absolute atomic E-state index is 10.5. The Kier molecular flexibility index (Phi) is 1.26. The fourth-order valence-electron chi connectivity index (χ4n) is 2.58. The lowest BCUT2D eigenvalue weighted by Gasteiger charge is -2.17. The molecule has 51 valence electrons. The quantitative estimate of drug-likeness (QED) is 0.509. The summed E-state index contributed by atoms with van der Waals surface area (Å²) in [5.74, 6) is 2.37. The first kappa shape index (κ1) is 5.72. The highest BCUT2D eigenvalue weighted by Gasteiger charge is 2.38. The molecule has 1 nitrogen and oxygen atoms in total. The molecule has 2 aliphatic rings. The molecule has 0 aliphatic heterocycles. The summed E-state index contributed by atoms with van der Waals surface area (Å²) >= 11 is 0. The summed E-state index contributed by atoms with van der Waals surface area (Å²) in [5, 5.41) is 10.5. The van der Waals surface area contributed by atoms with Crippen molar-refractivity contribution in [3.05, 3.63) is 0 Å². The van der Waals surface area contributed by atoms with E-state index in [9.17, 15) is 5.11 Å². The first-order valence-corrected chi connectivity index (χ1v) is 3.98. The summed E-state index contributed by atoms with van der Waals surface area (Å²) in [4.78, 5) is 0. The van der Waals surface area contributed by atoms with Gasteiger partial charge in [0, 0.05) is 0 Å². The van der Waals surface area contributed by atoms with Crippen molar-refractivity contribution in [2.75, 3.05) is 6.61 Å². The second kappa shape index (κ2) is 1.98. The Hall–Kier alpha value is -0.0400. The van der Waals surface area contributed by atoms with E-state index in [1.165, 1.54) is 25.7 Å². The number of hydrogen-bond acceptors (Lipinski definition) is 0. The van der Waals surface area contributed by atoms with Gasteiger partial charge in [0.2, 0.25) is 0 Å². The fourth-order valence-corrected chi connectivity index (χ4v) is 2.58. The Morgan fingerprint density at radius 1 is 1.22 bits per heavy atom. The largest absolute Gasteiger partial charge is 0.236 e. The highest BCUT2D eigenvalue weighted by atomic mass is 16.3. The summed E-state index contributed by atoms with van der Waals surface area (Å²) < 4.78 is 0. The highest BCUT2D eigenvalue weighted by molar-refractivity contribution is 4.89. The van der Waals surface area contributed by atoms with E-state index in [0.29, 0.717) is 5.92 Å². The highest BCUT2D eigenvalue weighted by Crippen LogP contribution is 2.47. The topological polar surface area (TPSA) is 19.9 Å². The average molecular weight is 125 g/mol. The van der Waals surface area contributed by atoms with Crippen molar-refractivity contribution in [2.45, 2.75) is 25.7 Å². The Labute approximate surface area is 56.1 Å². The summed E-state index contributed by atoms with van der Waals surface area (Å²) in [5.41, 5.74) is 0. The molecule has 2 fully saturated rings. The van der Waals surface area contributed by atoms with Crippen LogP contribution in [0, 0.1) is 17.8 Å². The third-order valence-corrected chi connectivity index (χ3v) is 3.10. The van der Waals surface area contributed by atoms with Crippen LogP contribution in [0.2, 0.25) is 0 Å². The molecule has 3 unspecified atom stereocenters. The molecule has 2 saturated carbocycles. The molecule has 9 heavy (non-hydrogen) atoms. The van der Waals surface area contributed by atoms with Crippen LogP contribution in [0.4, 0.5) is 0 Å². The Balaban J connectivity index is 2.01. The Morgan fingerprint density at radius 3 is 2.44 bits per heavy atom. The monoisotopic (exact) mass is 125 g/mol. The SMILES string of the molecule is [O]CC1CC2CCC1C2. The molecule has 0 amide bonds. The van der Waals surface area contributed by atoms with Gasteiger partial charge in [-0.1, -0.05) is 6.42 Å². The minimum Gasteiger partial charge on any atom is -0.236 e. The van der Waals surface area contributed by atoms with Crippen LogP contribution in [0.3, 0.4) is 0 Å². The van der Waals surface area contributed by atoms with E-state index in [0.717, 1.165) is 11.8 Å².